The second kappa shape index (κ2) is 1.47. The van der Waals surface area contributed by atoms with Gasteiger partial charge in [0.05, 0.1) is 0 Å². The number of hydrogen-bond acceptors (Lipinski definition) is 5. The van der Waals surface area contributed by atoms with E-state index in [0.29, 0.717) is 0 Å². The zero-order valence-corrected chi connectivity index (χ0v) is 5.46. The Morgan fingerprint density at radius 3 is 3.11 bits per heavy atom. The largest absolute Gasteiger partial charge is 0.253 e. The molecule has 6 heteroatoms. The fourth-order valence-corrected chi connectivity index (χ4v) is 1.10. The van der Waals surface area contributed by atoms with Crippen LogP contribution in [0.5, 0.6) is 0 Å². The zero-order valence-electron chi connectivity index (χ0n) is 4.64. The highest BCUT2D eigenvalue weighted by Gasteiger charge is 2.01. The van der Waals surface area contributed by atoms with Gasteiger partial charge in [-0.1, -0.05) is 4.49 Å². The van der Waals surface area contributed by atoms with E-state index in [4.69, 9.17) is 0 Å². The predicted molar refractivity (Wildman–Crippen MR) is 31.2 cm³/mol. The van der Waals surface area contributed by atoms with Crippen LogP contribution in [-0.4, -0.2) is 24.4 Å². The van der Waals surface area contributed by atoms with Crippen molar-refractivity contribution in [2.24, 2.45) is 0 Å². The molecule has 5 nitrogen and oxygen atoms in total. The third-order valence-corrected chi connectivity index (χ3v) is 1.59. The average Bonchev–Trinajstić information content (AvgIpc) is 2.35. The van der Waals surface area contributed by atoms with E-state index in [1.165, 1.54) is 11.5 Å². The topological polar surface area (TPSA) is 56.0 Å². The van der Waals surface area contributed by atoms with E-state index in [0.717, 1.165) is 10.8 Å². The van der Waals surface area contributed by atoms with Gasteiger partial charge in [-0.2, -0.15) is 4.52 Å². The maximum atomic E-state index is 3.78. The number of nitrogens with zero attached hydrogens (tertiary/aromatic N) is 5. The predicted octanol–water partition coefficient (Wildman–Crippen LogP) is -0.111. The fourth-order valence-electron chi connectivity index (χ4n) is 0.589. The lowest BCUT2D eigenvalue weighted by molar-refractivity contribution is 0.826. The molecule has 9 heavy (non-hydrogen) atoms. The Labute approximate surface area is 54.5 Å². The van der Waals surface area contributed by atoms with Crippen LogP contribution in [0.15, 0.2) is 0 Å². The molecule has 0 N–H and O–H groups in total. The van der Waals surface area contributed by atoms with Gasteiger partial charge >= 0.3 is 0 Å². The van der Waals surface area contributed by atoms with Crippen molar-refractivity contribution < 1.29 is 0 Å². The molecule has 2 rings (SSSR count). The minimum atomic E-state index is 0.743. The summed E-state index contributed by atoms with van der Waals surface area (Å²) in [6.45, 7) is 1.83. The summed E-state index contributed by atoms with van der Waals surface area (Å²) in [5.41, 5.74) is 0. The highest BCUT2D eigenvalue weighted by Crippen LogP contribution is 2.01. The molecule has 0 aromatic carbocycles. The smallest absolute Gasteiger partial charge is 0.168 e. The van der Waals surface area contributed by atoms with Crippen LogP contribution in [-0.2, 0) is 0 Å². The molecular weight excluding hydrogens is 138 g/mol. The summed E-state index contributed by atoms with van der Waals surface area (Å²) < 4.78 is 5.28. The van der Waals surface area contributed by atoms with Crippen LogP contribution < -0.4 is 0 Å². The first-order chi connectivity index (χ1) is 4.38. The van der Waals surface area contributed by atoms with Crippen molar-refractivity contribution in [3.8, 4) is 0 Å². The van der Waals surface area contributed by atoms with Gasteiger partial charge in [0, 0.05) is 11.5 Å². The maximum Gasteiger partial charge on any atom is 0.253 e. The first kappa shape index (κ1) is 4.80. The second-order valence-corrected chi connectivity index (χ2v) is 2.31. The highest BCUT2D eigenvalue weighted by atomic mass is 32.1. The average molecular weight is 141 g/mol. The number of aryl methyl sites for hydroxylation is 1. The van der Waals surface area contributed by atoms with Gasteiger partial charge in [-0.05, 0) is 12.1 Å². The van der Waals surface area contributed by atoms with E-state index < -0.39 is 0 Å². The van der Waals surface area contributed by atoms with Crippen molar-refractivity contribution in [1.82, 2.24) is 24.4 Å². The van der Waals surface area contributed by atoms with Gasteiger partial charge < -0.3 is 0 Å². The first-order valence-corrected chi connectivity index (χ1v) is 3.15. The van der Waals surface area contributed by atoms with Gasteiger partial charge in [0.25, 0.3) is 4.96 Å². The molecule has 2 aromatic heterocycles. The van der Waals surface area contributed by atoms with Gasteiger partial charge in [0.15, 0.2) is 5.82 Å². The standard InChI is InChI=1S/C3H3N5S/c1-2-4-5-3-8(2)6-7-9-3/h1H3. The Hall–Kier alpha value is -1.04. The van der Waals surface area contributed by atoms with E-state index >= 15 is 0 Å². The normalized spacial score (nSPS) is 10.8. The Balaban J connectivity index is 2.99. The van der Waals surface area contributed by atoms with Crippen molar-refractivity contribution in [3.05, 3.63) is 5.82 Å². The van der Waals surface area contributed by atoms with E-state index in [1.807, 2.05) is 6.92 Å². The molecule has 0 aliphatic rings. The molecule has 2 heterocycles. The Morgan fingerprint density at radius 1 is 1.44 bits per heavy atom. The van der Waals surface area contributed by atoms with Gasteiger partial charge in [-0.25, -0.2) is 0 Å². The molecule has 0 unspecified atom stereocenters. The van der Waals surface area contributed by atoms with Gasteiger partial charge in [-0.3, -0.25) is 0 Å². The van der Waals surface area contributed by atoms with Crippen molar-refractivity contribution in [2.45, 2.75) is 6.92 Å². The molecule has 0 atom stereocenters. The highest BCUT2D eigenvalue weighted by molar-refractivity contribution is 7.10. The molecule has 2 aromatic rings. The summed E-state index contributed by atoms with van der Waals surface area (Å²) in [6.07, 6.45) is 0. The molecule has 0 aliphatic carbocycles. The van der Waals surface area contributed by atoms with E-state index in [2.05, 4.69) is 19.9 Å². The quantitative estimate of drug-likeness (QED) is 0.513. The zero-order chi connectivity index (χ0) is 6.27. The molecule has 0 saturated carbocycles. The van der Waals surface area contributed by atoms with Crippen LogP contribution in [0.2, 0.25) is 0 Å². The van der Waals surface area contributed by atoms with Crippen LogP contribution in [0, 0.1) is 6.92 Å². The van der Waals surface area contributed by atoms with Gasteiger partial charge in [0.1, 0.15) is 0 Å². The number of rotatable bonds is 0. The molecule has 0 fully saturated rings. The monoisotopic (exact) mass is 141 g/mol. The van der Waals surface area contributed by atoms with Crippen LogP contribution in [0.1, 0.15) is 5.82 Å². The minimum absolute atomic E-state index is 0.743. The summed E-state index contributed by atoms with van der Waals surface area (Å²) in [4.78, 5) is 0.743. The van der Waals surface area contributed by atoms with Crippen LogP contribution >= 0.6 is 11.5 Å². The Bertz CT molecular complexity index is 321. The molecule has 0 saturated heterocycles. The van der Waals surface area contributed by atoms with Crippen LogP contribution in [0.25, 0.3) is 4.96 Å². The summed E-state index contributed by atoms with van der Waals surface area (Å²) in [5, 5.41) is 11.3. The van der Waals surface area contributed by atoms with Gasteiger partial charge in [0.2, 0.25) is 0 Å². The van der Waals surface area contributed by atoms with E-state index in [9.17, 15) is 0 Å². The van der Waals surface area contributed by atoms with E-state index in [-0.39, 0.29) is 0 Å². The summed E-state index contributed by atoms with van der Waals surface area (Å²) in [5.74, 6) is 0.777. The lowest BCUT2D eigenvalue weighted by Crippen LogP contribution is -1.86. The van der Waals surface area contributed by atoms with Crippen molar-refractivity contribution in [2.75, 3.05) is 0 Å². The second-order valence-electron chi connectivity index (χ2n) is 1.60. The lowest BCUT2D eigenvalue weighted by Gasteiger charge is -1.75. The Morgan fingerprint density at radius 2 is 2.33 bits per heavy atom. The summed E-state index contributed by atoms with van der Waals surface area (Å²) >= 11 is 1.24. The van der Waals surface area contributed by atoms with Crippen molar-refractivity contribution in [1.29, 1.82) is 0 Å². The number of hydrogen-bond donors (Lipinski definition) is 0. The minimum Gasteiger partial charge on any atom is -0.168 e. The molecular formula is C3H3N5S. The molecule has 0 aliphatic heterocycles. The van der Waals surface area contributed by atoms with Gasteiger partial charge in [-0.15, -0.1) is 10.2 Å². The first-order valence-electron chi connectivity index (χ1n) is 2.38. The molecule has 0 bridgehead atoms. The molecule has 0 spiro atoms. The third-order valence-electron chi connectivity index (χ3n) is 1.02. The van der Waals surface area contributed by atoms with E-state index in [1.54, 1.807) is 4.52 Å². The molecule has 46 valence electrons. The Kier molecular flexibility index (Phi) is 0.786. The molecule has 0 radical (unpaired) electrons. The van der Waals surface area contributed by atoms with Crippen molar-refractivity contribution in [3.63, 3.8) is 0 Å². The number of fused-ring (bicyclic) bond motifs is 1. The van der Waals surface area contributed by atoms with Crippen molar-refractivity contribution >= 4 is 16.5 Å². The third kappa shape index (κ3) is 0.531. The summed E-state index contributed by atoms with van der Waals surface area (Å²) in [7, 11) is 0. The van der Waals surface area contributed by atoms with Crippen LogP contribution in [0.3, 0.4) is 0 Å². The fraction of sp³-hybridized carbons (Fsp3) is 0.333. The van der Waals surface area contributed by atoms with Crippen LogP contribution in [0.4, 0.5) is 0 Å². The SMILES string of the molecule is Cc1nnc2snnn12. The molecule has 0 amide bonds. The maximum absolute atomic E-state index is 3.78. The summed E-state index contributed by atoms with van der Waals surface area (Å²) in [6, 6.07) is 0. The lowest BCUT2D eigenvalue weighted by atomic mass is 10.7. The number of aromatic nitrogens is 5.